The van der Waals surface area contributed by atoms with Crippen LogP contribution in [0.4, 0.5) is 5.69 Å². The van der Waals surface area contributed by atoms with Crippen molar-refractivity contribution in [2.75, 3.05) is 19.5 Å². The summed E-state index contributed by atoms with van der Waals surface area (Å²) in [4.78, 5) is 11.9. The van der Waals surface area contributed by atoms with Crippen molar-refractivity contribution in [1.29, 1.82) is 5.26 Å². The van der Waals surface area contributed by atoms with E-state index in [1.54, 1.807) is 25.3 Å². The highest BCUT2D eigenvalue weighted by atomic mass is 16.5. The van der Waals surface area contributed by atoms with E-state index in [9.17, 15) is 4.79 Å². The Kier molecular flexibility index (Phi) is 5.68. The molecule has 0 spiro atoms. The number of nitriles is 1. The molecule has 0 bridgehead atoms. The van der Waals surface area contributed by atoms with Gasteiger partial charge in [-0.1, -0.05) is 13.3 Å². The van der Waals surface area contributed by atoms with E-state index >= 15 is 0 Å². The molecule has 102 valence electrons. The van der Waals surface area contributed by atoms with Crippen LogP contribution in [0, 0.1) is 17.2 Å². The van der Waals surface area contributed by atoms with Gasteiger partial charge in [0.2, 0.25) is 5.91 Å². The number of benzene rings is 1. The topological polar surface area (TPSA) is 71.4 Å². The van der Waals surface area contributed by atoms with E-state index < -0.39 is 5.92 Å². The van der Waals surface area contributed by atoms with Gasteiger partial charge in [-0.25, -0.2) is 0 Å². The van der Waals surface area contributed by atoms with Crippen LogP contribution < -0.4 is 14.8 Å². The molecule has 0 aliphatic carbocycles. The van der Waals surface area contributed by atoms with Gasteiger partial charge in [-0.3, -0.25) is 4.79 Å². The molecule has 1 aromatic rings. The number of amides is 1. The highest BCUT2D eigenvalue weighted by Gasteiger charge is 2.18. The van der Waals surface area contributed by atoms with Crippen LogP contribution in [0.15, 0.2) is 18.2 Å². The van der Waals surface area contributed by atoms with Gasteiger partial charge < -0.3 is 14.8 Å². The molecule has 1 unspecified atom stereocenters. The van der Waals surface area contributed by atoms with Crippen LogP contribution in [0.25, 0.3) is 0 Å². The molecule has 0 aliphatic heterocycles. The van der Waals surface area contributed by atoms with Gasteiger partial charge in [-0.15, -0.1) is 0 Å². The summed E-state index contributed by atoms with van der Waals surface area (Å²) in [5, 5.41) is 11.7. The van der Waals surface area contributed by atoms with Crippen LogP contribution in [-0.4, -0.2) is 20.1 Å². The minimum atomic E-state index is -0.642. The largest absolute Gasteiger partial charge is 0.497 e. The highest BCUT2D eigenvalue weighted by Crippen LogP contribution is 2.29. The third-order valence-corrected chi connectivity index (χ3v) is 2.72. The van der Waals surface area contributed by atoms with Crippen LogP contribution in [0.2, 0.25) is 0 Å². The van der Waals surface area contributed by atoms with Crippen molar-refractivity contribution < 1.29 is 14.3 Å². The maximum absolute atomic E-state index is 11.9. The molecule has 5 nitrogen and oxygen atoms in total. The Morgan fingerprint density at radius 3 is 2.68 bits per heavy atom. The predicted molar refractivity (Wildman–Crippen MR) is 72.2 cm³/mol. The van der Waals surface area contributed by atoms with Crippen LogP contribution in [0.3, 0.4) is 0 Å². The van der Waals surface area contributed by atoms with Gasteiger partial charge in [0.15, 0.2) is 0 Å². The molecular weight excluding hydrogens is 244 g/mol. The Bertz CT molecular complexity index is 480. The van der Waals surface area contributed by atoms with Crippen LogP contribution >= 0.6 is 0 Å². The van der Waals surface area contributed by atoms with Gasteiger partial charge in [0.1, 0.15) is 17.4 Å². The van der Waals surface area contributed by atoms with Crippen molar-refractivity contribution >= 4 is 11.6 Å². The van der Waals surface area contributed by atoms with Crippen LogP contribution in [0.5, 0.6) is 11.5 Å². The van der Waals surface area contributed by atoms with E-state index in [1.807, 2.05) is 13.0 Å². The fourth-order valence-electron chi connectivity index (χ4n) is 1.66. The monoisotopic (exact) mass is 262 g/mol. The first-order chi connectivity index (χ1) is 9.15. The Balaban J connectivity index is 2.87. The van der Waals surface area contributed by atoms with Crippen molar-refractivity contribution in [3.63, 3.8) is 0 Å². The molecule has 19 heavy (non-hydrogen) atoms. The number of methoxy groups -OCH3 is 2. The third kappa shape index (κ3) is 3.88. The summed E-state index contributed by atoms with van der Waals surface area (Å²) in [6.45, 7) is 1.94. The first-order valence-electron chi connectivity index (χ1n) is 6.08. The molecule has 1 atom stereocenters. The lowest BCUT2D eigenvalue weighted by atomic mass is 10.0. The number of anilines is 1. The number of ether oxygens (including phenoxy) is 2. The van der Waals surface area contributed by atoms with Crippen molar-refractivity contribution in [1.82, 2.24) is 0 Å². The zero-order chi connectivity index (χ0) is 14.3. The lowest BCUT2D eigenvalue weighted by molar-refractivity contribution is -0.118. The average molecular weight is 262 g/mol. The molecule has 0 heterocycles. The Morgan fingerprint density at radius 2 is 2.16 bits per heavy atom. The van der Waals surface area contributed by atoms with Crippen molar-refractivity contribution in [3.05, 3.63) is 18.2 Å². The minimum absolute atomic E-state index is 0.312. The van der Waals surface area contributed by atoms with Gasteiger partial charge in [0.25, 0.3) is 0 Å². The average Bonchev–Trinajstić information content (AvgIpc) is 2.44. The van der Waals surface area contributed by atoms with E-state index in [0.717, 1.165) is 6.42 Å². The molecule has 1 aromatic carbocycles. The standard InChI is InChI=1S/C14H18N2O3/c1-4-5-10(9-15)14(17)16-12-7-6-11(18-2)8-13(12)19-3/h6-8,10H,4-5H2,1-3H3,(H,16,17). The number of rotatable bonds is 6. The number of nitrogens with one attached hydrogen (secondary N) is 1. The quantitative estimate of drug-likeness (QED) is 0.855. The summed E-state index contributed by atoms with van der Waals surface area (Å²) in [7, 11) is 3.07. The van der Waals surface area contributed by atoms with Gasteiger partial charge in [0, 0.05) is 6.07 Å². The van der Waals surface area contributed by atoms with Gasteiger partial charge in [-0.2, -0.15) is 5.26 Å². The fraction of sp³-hybridized carbons (Fsp3) is 0.429. The summed E-state index contributed by atoms with van der Waals surface area (Å²) in [6, 6.07) is 7.09. The predicted octanol–water partition coefficient (Wildman–Crippen LogP) is 2.58. The minimum Gasteiger partial charge on any atom is -0.497 e. The molecular formula is C14H18N2O3. The van der Waals surface area contributed by atoms with Crippen molar-refractivity contribution in [2.45, 2.75) is 19.8 Å². The van der Waals surface area contributed by atoms with E-state index in [0.29, 0.717) is 23.6 Å². The number of nitrogens with zero attached hydrogens (tertiary/aromatic N) is 1. The summed E-state index contributed by atoms with van der Waals surface area (Å²) in [5.41, 5.74) is 0.532. The number of carbonyl (C=O) groups is 1. The maximum Gasteiger partial charge on any atom is 0.241 e. The molecule has 1 rings (SSSR count). The summed E-state index contributed by atoms with van der Waals surface area (Å²) >= 11 is 0. The van der Waals surface area contributed by atoms with Crippen LogP contribution in [-0.2, 0) is 4.79 Å². The Labute approximate surface area is 113 Å². The van der Waals surface area contributed by atoms with Gasteiger partial charge >= 0.3 is 0 Å². The maximum atomic E-state index is 11.9. The van der Waals surface area contributed by atoms with Crippen molar-refractivity contribution in [2.24, 2.45) is 5.92 Å². The molecule has 0 aromatic heterocycles. The molecule has 0 aliphatic rings. The van der Waals surface area contributed by atoms with Crippen molar-refractivity contribution in [3.8, 4) is 17.6 Å². The first kappa shape index (κ1) is 14.8. The van der Waals surface area contributed by atoms with E-state index in [1.165, 1.54) is 7.11 Å². The smallest absolute Gasteiger partial charge is 0.241 e. The highest BCUT2D eigenvalue weighted by molar-refractivity contribution is 5.95. The lowest BCUT2D eigenvalue weighted by Gasteiger charge is -2.13. The molecule has 0 fully saturated rings. The SMILES string of the molecule is CCCC(C#N)C(=O)Nc1ccc(OC)cc1OC. The van der Waals surface area contributed by atoms with E-state index in [4.69, 9.17) is 14.7 Å². The normalized spacial score (nSPS) is 11.3. The van der Waals surface area contributed by atoms with Gasteiger partial charge in [-0.05, 0) is 18.6 Å². The second-order valence-electron chi connectivity index (χ2n) is 4.03. The Morgan fingerprint density at radius 1 is 1.42 bits per heavy atom. The van der Waals surface area contributed by atoms with Crippen LogP contribution in [0.1, 0.15) is 19.8 Å². The second-order valence-corrected chi connectivity index (χ2v) is 4.03. The summed E-state index contributed by atoms with van der Waals surface area (Å²) in [5.74, 6) is 0.186. The zero-order valence-electron chi connectivity index (χ0n) is 11.4. The molecule has 5 heteroatoms. The molecule has 1 amide bonds. The summed E-state index contributed by atoms with van der Waals surface area (Å²) < 4.78 is 10.3. The number of carbonyl (C=O) groups excluding carboxylic acids is 1. The molecule has 0 radical (unpaired) electrons. The van der Waals surface area contributed by atoms with E-state index in [2.05, 4.69) is 5.32 Å². The third-order valence-electron chi connectivity index (χ3n) is 2.72. The molecule has 0 saturated heterocycles. The number of hydrogen-bond donors (Lipinski definition) is 1. The second kappa shape index (κ2) is 7.27. The zero-order valence-corrected chi connectivity index (χ0v) is 11.4. The molecule has 1 N–H and O–H groups in total. The Hall–Kier alpha value is -2.22. The summed E-state index contributed by atoms with van der Waals surface area (Å²) in [6.07, 6.45) is 1.33. The fourth-order valence-corrected chi connectivity index (χ4v) is 1.66. The lowest BCUT2D eigenvalue weighted by Crippen LogP contribution is -2.21. The number of hydrogen-bond acceptors (Lipinski definition) is 4. The van der Waals surface area contributed by atoms with Gasteiger partial charge in [0.05, 0.1) is 26.0 Å². The first-order valence-corrected chi connectivity index (χ1v) is 6.08. The molecule has 0 saturated carbocycles. The van der Waals surface area contributed by atoms with E-state index in [-0.39, 0.29) is 5.91 Å².